The summed E-state index contributed by atoms with van der Waals surface area (Å²) < 4.78 is 33.9. The van der Waals surface area contributed by atoms with Gasteiger partial charge in [0.2, 0.25) is 5.91 Å². The van der Waals surface area contributed by atoms with Gasteiger partial charge in [-0.1, -0.05) is 42.5 Å². The molecule has 6 nitrogen and oxygen atoms in total. The van der Waals surface area contributed by atoms with Crippen LogP contribution < -0.4 is 14.4 Å². The van der Waals surface area contributed by atoms with Crippen molar-refractivity contribution in [3.05, 3.63) is 89.5 Å². The maximum absolute atomic E-state index is 13.4. The van der Waals surface area contributed by atoms with Crippen LogP contribution in [0.5, 0.6) is 5.75 Å². The Hall–Kier alpha value is -3.32. The molecule has 0 aliphatic rings. The molecule has 0 radical (unpaired) electrons. The van der Waals surface area contributed by atoms with E-state index < -0.39 is 15.9 Å². The summed E-state index contributed by atoms with van der Waals surface area (Å²) in [5, 5.41) is 2.85. The van der Waals surface area contributed by atoms with Crippen molar-refractivity contribution in [1.29, 1.82) is 0 Å². The van der Waals surface area contributed by atoms with Crippen LogP contribution in [0.4, 0.5) is 5.69 Å². The molecule has 1 atom stereocenters. The molecule has 3 rings (SSSR count). The summed E-state index contributed by atoms with van der Waals surface area (Å²) in [6.45, 7) is 7.50. The molecule has 7 heteroatoms. The molecule has 0 aliphatic heterocycles. The number of ether oxygens (including phenoxy) is 1. The van der Waals surface area contributed by atoms with E-state index in [1.54, 1.807) is 30.3 Å². The molecule has 1 amide bonds. The fourth-order valence-corrected chi connectivity index (χ4v) is 4.98. The number of rotatable bonds is 9. The topological polar surface area (TPSA) is 75.7 Å². The number of sulfonamides is 1. The monoisotopic (exact) mass is 466 g/mol. The molecule has 174 valence electrons. The van der Waals surface area contributed by atoms with Crippen molar-refractivity contribution in [3.63, 3.8) is 0 Å². The number of nitrogens with one attached hydrogen (secondary N) is 1. The van der Waals surface area contributed by atoms with Gasteiger partial charge < -0.3 is 10.1 Å². The average molecular weight is 467 g/mol. The number of hydrogen-bond donors (Lipinski definition) is 1. The van der Waals surface area contributed by atoms with Crippen LogP contribution in [0.1, 0.15) is 23.6 Å². The van der Waals surface area contributed by atoms with Crippen LogP contribution in [0.25, 0.3) is 0 Å². The molecular weight excluding hydrogens is 436 g/mol. The van der Waals surface area contributed by atoms with E-state index in [9.17, 15) is 13.2 Å². The van der Waals surface area contributed by atoms with Gasteiger partial charge in [0.15, 0.2) is 0 Å². The number of aryl methyl sites for hydroxylation is 3. The first-order valence-electron chi connectivity index (χ1n) is 10.8. The van der Waals surface area contributed by atoms with E-state index in [0.717, 1.165) is 26.7 Å². The van der Waals surface area contributed by atoms with E-state index in [4.69, 9.17) is 4.74 Å². The molecule has 0 fully saturated rings. The van der Waals surface area contributed by atoms with Crippen molar-refractivity contribution in [2.75, 3.05) is 17.5 Å². The Labute approximate surface area is 196 Å². The van der Waals surface area contributed by atoms with E-state index in [1.807, 2.05) is 58.0 Å². The number of benzene rings is 3. The fraction of sp³-hybridized carbons (Fsp3) is 0.269. The highest BCUT2D eigenvalue weighted by Gasteiger charge is 2.27. The summed E-state index contributed by atoms with van der Waals surface area (Å²) in [5.41, 5.74) is 3.29. The Morgan fingerprint density at radius 2 is 1.55 bits per heavy atom. The molecular formula is C26H30N2O4S. The van der Waals surface area contributed by atoms with Crippen molar-refractivity contribution in [2.24, 2.45) is 0 Å². The van der Waals surface area contributed by atoms with Crippen molar-refractivity contribution < 1.29 is 17.9 Å². The third-order valence-corrected chi connectivity index (χ3v) is 6.89. The molecule has 1 N–H and O–H groups in total. The Bertz CT molecular complexity index is 1190. The number of para-hydroxylation sites is 1. The second-order valence-corrected chi connectivity index (χ2v) is 10.1. The molecule has 0 saturated carbocycles. The van der Waals surface area contributed by atoms with Crippen LogP contribution in [0.15, 0.2) is 77.7 Å². The van der Waals surface area contributed by atoms with Gasteiger partial charge in [0.25, 0.3) is 10.0 Å². The fourth-order valence-electron chi connectivity index (χ4n) is 3.56. The minimum absolute atomic E-state index is 0.132. The van der Waals surface area contributed by atoms with Crippen molar-refractivity contribution in [1.82, 2.24) is 5.32 Å². The summed E-state index contributed by atoms with van der Waals surface area (Å²) in [6.07, 6.45) is 0. The lowest BCUT2D eigenvalue weighted by atomic mass is 10.1. The van der Waals surface area contributed by atoms with E-state index in [0.29, 0.717) is 5.69 Å². The number of hydrogen-bond acceptors (Lipinski definition) is 4. The van der Waals surface area contributed by atoms with Gasteiger partial charge in [0.1, 0.15) is 18.9 Å². The van der Waals surface area contributed by atoms with E-state index in [1.165, 1.54) is 12.1 Å². The lowest BCUT2D eigenvalue weighted by Crippen LogP contribution is -2.45. The predicted octanol–water partition coefficient (Wildman–Crippen LogP) is 4.39. The molecule has 3 aromatic carbocycles. The normalized spacial score (nSPS) is 12.1. The Kier molecular flexibility index (Phi) is 7.76. The van der Waals surface area contributed by atoms with Crippen LogP contribution >= 0.6 is 0 Å². The molecule has 33 heavy (non-hydrogen) atoms. The molecule has 0 aromatic heterocycles. The standard InChI is InChI=1S/C26H30N2O4S/c1-19-14-20(2)16-23(15-19)28(33(30,31)24-11-6-5-7-12-24)17-26(29)27-22(4)18-32-25-13-9-8-10-21(25)3/h5-16,22H,17-18H2,1-4H3,(H,27,29). The molecule has 0 heterocycles. The van der Waals surface area contributed by atoms with Crippen LogP contribution in [0, 0.1) is 20.8 Å². The van der Waals surface area contributed by atoms with Gasteiger partial charge in [-0.25, -0.2) is 8.42 Å². The highest BCUT2D eigenvalue weighted by atomic mass is 32.2. The number of carbonyl (C=O) groups excluding carboxylic acids is 1. The number of carbonyl (C=O) groups is 1. The minimum Gasteiger partial charge on any atom is -0.491 e. The maximum atomic E-state index is 13.4. The van der Waals surface area contributed by atoms with Crippen LogP contribution in [0.3, 0.4) is 0 Å². The molecule has 1 unspecified atom stereocenters. The van der Waals surface area contributed by atoms with Crippen molar-refractivity contribution >= 4 is 21.6 Å². The zero-order valence-electron chi connectivity index (χ0n) is 19.4. The van der Waals surface area contributed by atoms with Crippen molar-refractivity contribution in [2.45, 2.75) is 38.6 Å². The Morgan fingerprint density at radius 3 is 2.18 bits per heavy atom. The van der Waals surface area contributed by atoms with E-state index in [2.05, 4.69) is 5.32 Å². The minimum atomic E-state index is -3.94. The SMILES string of the molecule is Cc1cc(C)cc(N(CC(=O)NC(C)COc2ccccc2C)S(=O)(=O)c2ccccc2)c1. The molecule has 3 aromatic rings. The molecule has 0 bridgehead atoms. The van der Waals surface area contributed by atoms with Crippen LogP contribution in [0.2, 0.25) is 0 Å². The second kappa shape index (κ2) is 10.5. The lowest BCUT2D eigenvalue weighted by Gasteiger charge is -2.26. The van der Waals surface area contributed by atoms with Crippen LogP contribution in [-0.4, -0.2) is 33.5 Å². The summed E-state index contributed by atoms with van der Waals surface area (Å²) in [5.74, 6) is 0.344. The highest BCUT2D eigenvalue weighted by molar-refractivity contribution is 7.92. The second-order valence-electron chi connectivity index (χ2n) is 8.22. The average Bonchev–Trinajstić information content (AvgIpc) is 2.76. The zero-order chi connectivity index (χ0) is 24.0. The number of amides is 1. The summed E-state index contributed by atoms with van der Waals surface area (Å²) in [4.78, 5) is 13.0. The molecule has 0 aliphatic carbocycles. The zero-order valence-corrected chi connectivity index (χ0v) is 20.2. The number of nitrogens with zero attached hydrogens (tertiary/aromatic N) is 1. The Balaban J connectivity index is 1.78. The van der Waals surface area contributed by atoms with Gasteiger partial charge in [0.05, 0.1) is 16.6 Å². The lowest BCUT2D eigenvalue weighted by molar-refractivity contribution is -0.120. The first-order chi connectivity index (χ1) is 15.7. The van der Waals surface area contributed by atoms with Gasteiger partial charge in [-0.15, -0.1) is 0 Å². The van der Waals surface area contributed by atoms with Crippen molar-refractivity contribution in [3.8, 4) is 5.75 Å². The maximum Gasteiger partial charge on any atom is 0.264 e. The van der Waals surface area contributed by atoms with Gasteiger partial charge >= 0.3 is 0 Å². The van der Waals surface area contributed by atoms with Gasteiger partial charge in [0, 0.05) is 0 Å². The highest BCUT2D eigenvalue weighted by Crippen LogP contribution is 2.25. The third kappa shape index (κ3) is 6.35. The van der Waals surface area contributed by atoms with Gasteiger partial charge in [-0.05, 0) is 74.7 Å². The molecule has 0 spiro atoms. The smallest absolute Gasteiger partial charge is 0.264 e. The van der Waals surface area contributed by atoms with Crippen LogP contribution in [-0.2, 0) is 14.8 Å². The largest absolute Gasteiger partial charge is 0.491 e. The Morgan fingerprint density at radius 1 is 0.939 bits per heavy atom. The number of anilines is 1. The van der Waals surface area contributed by atoms with E-state index >= 15 is 0 Å². The van der Waals surface area contributed by atoms with E-state index in [-0.39, 0.29) is 24.1 Å². The van der Waals surface area contributed by atoms with Gasteiger partial charge in [-0.3, -0.25) is 9.10 Å². The summed E-state index contributed by atoms with van der Waals surface area (Å²) >= 11 is 0. The first kappa shape index (κ1) is 24.3. The summed E-state index contributed by atoms with van der Waals surface area (Å²) in [6, 6.07) is 21.0. The quantitative estimate of drug-likeness (QED) is 0.507. The summed E-state index contributed by atoms with van der Waals surface area (Å²) in [7, 11) is -3.94. The third-order valence-electron chi connectivity index (χ3n) is 5.10. The van der Waals surface area contributed by atoms with Gasteiger partial charge in [-0.2, -0.15) is 0 Å². The predicted molar refractivity (Wildman–Crippen MR) is 131 cm³/mol. The first-order valence-corrected chi connectivity index (χ1v) is 12.2. The molecule has 0 saturated heterocycles.